The van der Waals surface area contributed by atoms with Gasteiger partial charge in [0.25, 0.3) is 5.91 Å². The van der Waals surface area contributed by atoms with E-state index in [9.17, 15) is 14.9 Å². The van der Waals surface area contributed by atoms with Gasteiger partial charge in [0.15, 0.2) is 0 Å². The smallest absolute Gasteiger partial charge is 0.401 e. The Hall–Kier alpha value is -2.93. The van der Waals surface area contributed by atoms with Crippen molar-refractivity contribution in [1.29, 1.82) is 0 Å². The molecule has 0 saturated heterocycles. The van der Waals surface area contributed by atoms with Gasteiger partial charge in [-0.25, -0.2) is 0 Å². The first-order chi connectivity index (χ1) is 11.0. The molecule has 0 saturated carbocycles. The summed E-state index contributed by atoms with van der Waals surface area (Å²) in [6, 6.07) is 9.40. The highest BCUT2D eigenvalue weighted by Crippen LogP contribution is 2.27. The molecular formula is C15H10ClN3O4. The Labute approximate surface area is 135 Å². The highest BCUT2D eigenvalue weighted by molar-refractivity contribution is 6.33. The number of nitrogens with zero attached hydrogens (tertiary/aromatic N) is 3. The lowest BCUT2D eigenvalue weighted by Crippen LogP contribution is -2.21. The second-order valence-electron chi connectivity index (χ2n) is 4.77. The number of carbonyl (C=O) groups is 1. The summed E-state index contributed by atoms with van der Waals surface area (Å²) < 4.78 is 5.04. The molecule has 1 aliphatic heterocycles. The van der Waals surface area contributed by atoms with Crippen LogP contribution in [-0.4, -0.2) is 16.5 Å². The quantitative estimate of drug-likeness (QED) is 0.488. The number of amides is 1. The number of benzene rings is 1. The molecule has 0 fully saturated rings. The minimum atomic E-state index is -0.641. The fourth-order valence-electron chi connectivity index (χ4n) is 2.13. The van der Waals surface area contributed by atoms with Crippen LogP contribution in [0, 0.1) is 10.1 Å². The van der Waals surface area contributed by atoms with Crippen LogP contribution in [0.1, 0.15) is 12.7 Å². The molecule has 116 valence electrons. The van der Waals surface area contributed by atoms with Crippen LogP contribution < -0.4 is 5.01 Å². The number of anilines is 1. The van der Waals surface area contributed by atoms with Crippen molar-refractivity contribution in [3.05, 3.63) is 62.9 Å². The monoisotopic (exact) mass is 331 g/mol. The highest BCUT2D eigenvalue weighted by Gasteiger charge is 2.29. The number of hydrogen-bond donors (Lipinski definition) is 0. The number of hydrazone groups is 1. The molecule has 1 amide bonds. The second-order valence-corrected chi connectivity index (χ2v) is 5.21. The Morgan fingerprint density at radius 2 is 2.13 bits per heavy atom. The summed E-state index contributed by atoms with van der Waals surface area (Å²) >= 11 is 5.93. The summed E-state index contributed by atoms with van der Waals surface area (Å²) in [6.45, 7) is 1.67. The number of carbonyl (C=O) groups excluding carboxylic acids is 1. The van der Waals surface area contributed by atoms with Crippen LogP contribution in [0.5, 0.6) is 0 Å². The van der Waals surface area contributed by atoms with Crippen molar-refractivity contribution in [2.45, 2.75) is 6.92 Å². The van der Waals surface area contributed by atoms with Crippen molar-refractivity contribution in [1.82, 2.24) is 0 Å². The zero-order valence-corrected chi connectivity index (χ0v) is 12.6. The Morgan fingerprint density at radius 1 is 1.35 bits per heavy atom. The largest absolute Gasteiger partial charge is 0.433 e. The van der Waals surface area contributed by atoms with Crippen molar-refractivity contribution < 1.29 is 14.1 Å². The Balaban J connectivity index is 1.93. The van der Waals surface area contributed by atoms with E-state index in [2.05, 4.69) is 5.10 Å². The fourth-order valence-corrected chi connectivity index (χ4v) is 2.31. The van der Waals surface area contributed by atoms with Gasteiger partial charge in [0.05, 0.1) is 23.0 Å². The zero-order valence-electron chi connectivity index (χ0n) is 11.9. The first kappa shape index (κ1) is 15.0. The van der Waals surface area contributed by atoms with Gasteiger partial charge in [-0.2, -0.15) is 10.1 Å². The summed E-state index contributed by atoms with van der Waals surface area (Å²) in [6.07, 6.45) is 1.43. The first-order valence-corrected chi connectivity index (χ1v) is 6.95. The topological polar surface area (TPSA) is 89.0 Å². The minimum absolute atomic E-state index is 0.211. The molecule has 8 heteroatoms. The predicted molar refractivity (Wildman–Crippen MR) is 85.4 cm³/mol. The minimum Gasteiger partial charge on any atom is -0.401 e. The molecule has 7 nitrogen and oxygen atoms in total. The van der Waals surface area contributed by atoms with E-state index in [4.69, 9.17) is 16.0 Å². The SMILES string of the molecule is CC1=NN(c2cccc(Cl)c2)C(=O)/C1=C\c1ccc([N+](=O)[O-])o1. The lowest BCUT2D eigenvalue weighted by atomic mass is 10.1. The van der Waals surface area contributed by atoms with Gasteiger partial charge in [-0.05, 0) is 37.3 Å². The number of rotatable bonds is 3. The molecule has 0 bridgehead atoms. The van der Waals surface area contributed by atoms with Crippen LogP contribution in [0.2, 0.25) is 5.02 Å². The lowest BCUT2D eigenvalue weighted by Gasteiger charge is -2.11. The van der Waals surface area contributed by atoms with Gasteiger partial charge < -0.3 is 4.42 Å². The van der Waals surface area contributed by atoms with Crippen molar-refractivity contribution >= 4 is 40.9 Å². The van der Waals surface area contributed by atoms with Crippen LogP contribution in [0.3, 0.4) is 0 Å². The molecule has 1 aromatic carbocycles. The maximum atomic E-state index is 12.5. The second kappa shape index (κ2) is 5.69. The highest BCUT2D eigenvalue weighted by atomic mass is 35.5. The van der Waals surface area contributed by atoms with E-state index in [0.717, 1.165) is 0 Å². The van der Waals surface area contributed by atoms with Crippen molar-refractivity contribution in [2.75, 3.05) is 5.01 Å². The number of furan rings is 1. The molecule has 2 heterocycles. The van der Waals surface area contributed by atoms with Crippen LogP contribution in [0.4, 0.5) is 11.6 Å². The van der Waals surface area contributed by atoms with E-state index < -0.39 is 4.92 Å². The van der Waals surface area contributed by atoms with Gasteiger partial charge in [0.1, 0.15) is 10.7 Å². The summed E-state index contributed by atoms with van der Waals surface area (Å²) in [5, 5.41) is 16.5. The van der Waals surface area contributed by atoms with E-state index in [1.54, 1.807) is 31.2 Å². The third-order valence-corrected chi connectivity index (χ3v) is 3.43. The zero-order chi connectivity index (χ0) is 16.6. The molecule has 1 aromatic heterocycles. The van der Waals surface area contributed by atoms with E-state index in [1.807, 2.05) is 0 Å². The predicted octanol–water partition coefficient (Wildman–Crippen LogP) is 3.65. The number of halogens is 1. The van der Waals surface area contributed by atoms with Crippen molar-refractivity contribution in [2.24, 2.45) is 5.10 Å². The van der Waals surface area contributed by atoms with Gasteiger partial charge in [0.2, 0.25) is 0 Å². The van der Waals surface area contributed by atoms with E-state index in [1.165, 1.54) is 23.2 Å². The summed E-state index contributed by atoms with van der Waals surface area (Å²) in [7, 11) is 0. The Kier molecular flexibility index (Phi) is 3.71. The third-order valence-electron chi connectivity index (χ3n) is 3.19. The Bertz CT molecular complexity index is 869. The van der Waals surface area contributed by atoms with Crippen molar-refractivity contribution in [3.63, 3.8) is 0 Å². The molecule has 2 aromatic rings. The van der Waals surface area contributed by atoms with Gasteiger partial charge in [-0.3, -0.25) is 14.9 Å². The molecule has 0 N–H and O–H groups in total. The molecule has 0 radical (unpaired) electrons. The Morgan fingerprint density at radius 3 is 2.78 bits per heavy atom. The summed E-state index contributed by atoms with van der Waals surface area (Å²) in [5.74, 6) is -0.532. The average molecular weight is 332 g/mol. The van der Waals surface area contributed by atoms with Gasteiger partial charge in [-0.1, -0.05) is 17.7 Å². The van der Waals surface area contributed by atoms with E-state index >= 15 is 0 Å². The normalized spacial score (nSPS) is 16.1. The van der Waals surface area contributed by atoms with Crippen LogP contribution in [-0.2, 0) is 4.79 Å². The summed E-state index contributed by atoms with van der Waals surface area (Å²) in [5.41, 5.74) is 1.32. The van der Waals surface area contributed by atoms with Gasteiger partial charge in [-0.15, -0.1) is 0 Å². The molecule has 0 spiro atoms. The molecule has 0 unspecified atom stereocenters. The number of nitro groups is 1. The standard InChI is InChI=1S/C15H10ClN3O4/c1-9-13(8-12-5-6-14(23-12)19(21)22)15(20)18(17-9)11-4-2-3-10(16)7-11/h2-8H,1H3/b13-8-. The third kappa shape index (κ3) is 2.86. The molecule has 1 aliphatic rings. The molecule has 23 heavy (non-hydrogen) atoms. The maximum absolute atomic E-state index is 12.5. The number of hydrogen-bond acceptors (Lipinski definition) is 5. The molecule has 0 aliphatic carbocycles. The lowest BCUT2D eigenvalue weighted by molar-refractivity contribution is -0.402. The molecule has 3 rings (SSSR count). The average Bonchev–Trinajstić information content (AvgIpc) is 3.08. The van der Waals surface area contributed by atoms with Crippen LogP contribution >= 0.6 is 11.6 Å². The van der Waals surface area contributed by atoms with Crippen molar-refractivity contribution in [3.8, 4) is 0 Å². The van der Waals surface area contributed by atoms with Crippen LogP contribution in [0.15, 0.2) is 51.5 Å². The first-order valence-electron chi connectivity index (χ1n) is 6.57. The van der Waals surface area contributed by atoms with Gasteiger partial charge in [0, 0.05) is 5.02 Å². The van der Waals surface area contributed by atoms with Crippen LogP contribution in [0.25, 0.3) is 6.08 Å². The van der Waals surface area contributed by atoms with E-state index in [0.29, 0.717) is 22.0 Å². The van der Waals surface area contributed by atoms with E-state index in [-0.39, 0.29) is 17.6 Å². The summed E-state index contributed by atoms with van der Waals surface area (Å²) in [4.78, 5) is 22.5. The fraction of sp³-hybridized carbons (Fsp3) is 0.0667. The maximum Gasteiger partial charge on any atom is 0.433 e. The molecule has 0 atom stereocenters. The van der Waals surface area contributed by atoms with Gasteiger partial charge >= 0.3 is 5.88 Å². The molecular weight excluding hydrogens is 322 g/mol.